The summed E-state index contributed by atoms with van der Waals surface area (Å²) in [7, 11) is 1.69. The van der Waals surface area contributed by atoms with Crippen molar-refractivity contribution in [1.82, 2.24) is 19.6 Å². The molecule has 1 N–H and O–H groups in total. The van der Waals surface area contributed by atoms with Crippen molar-refractivity contribution in [2.24, 2.45) is 0 Å². The normalized spacial score (nSPS) is 16.9. The highest BCUT2D eigenvalue weighted by Crippen LogP contribution is 2.15. The summed E-state index contributed by atoms with van der Waals surface area (Å²) in [4.78, 5) is 7.00. The molecule has 3 heterocycles. The maximum Gasteiger partial charge on any atom is 0.135 e. The number of methoxy groups -OCH3 is 1. The Kier molecular flexibility index (Phi) is 3.66. The van der Waals surface area contributed by atoms with Crippen molar-refractivity contribution in [2.45, 2.75) is 6.42 Å². The summed E-state index contributed by atoms with van der Waals surface area (Å²) in [6.07, 6.45) is 4.91. The van der Waals surface area contributed by atoms with Crippen LogP contribution in [0.15, 0.2) is 24.5 Å². The van der Waals surface area contributed by atoms with Gasteiger partial charge >= 0.3 is 0 Å². The number of pyridine rings is 1. The van der Waals surface area contributed by atoms with E-state index in [1.807, 2.05) is 24.5 Å². The summed E-state index contributed by atoms with van der Waals surface area (Å²) in [5, 5.41) is 3.37. The maximum absolute atomic E-state index is 5.27. The second-order valence-corrected chi connectivity index (χ2v) is 4.88. The highest BCUT2D eigenvalue weighted by Gasteiger charge is 2.11. The minimum atomic E-state index is 0.869. The molecule has 0 radical (unpaired) electrons. The summed E-state index contributed by atoms with van der Waals surface area (Å²) in [6, 6.07) is 4.01. The molecule has 0 spiro atoms. The first-order valence-corrected chi connectivity index (χ1v) is 6.80. The molecule has 0 aliphatic carbocycles. The zero-order chi connectivity index (χ0) is 13.1. The molecule has 0 saturated carbocycles. The first-order valence-electron chi connectivity index (χ1n) is 6.80. The van der Waals surface area contributed by atoms with Gasteiger partial charge in [0.15, 0.2) is 0 Å². The number of ether oxygens (including phenoxy) is 1. The minimum Gasteiger partial charge on any atom is -0.495 e. The monoisotopic (exact) mass is 260 g/mol. The van der Waals surface area contributed by atoms with E-state index in [0.29, 0.717) is 0 Å². The van der Waals surface area contributed by atoms with Gasteiger partial charge in [0.1, 0.15) is 11.6 Å². The number of hydrogen-bond donors (Lipinski definition) is 1. The molecule has 0 unspecified atom stereocenters. The van der Waals surface area contributed by atoms with Crippen LogP contribution in [0.2, 0.25) is 0 Å². The predicted octanol–water partition coefficient (Wildman–Crippen LogP) is 0.791. The second-order valence-electron chi connectivity index (χ2n) is 4.88. The van der Waals surface area contributed by atoms with Crippen LogP contribution in [0.1, 0.15) is 5.82 Å². The minimum absolute atomic E-state index is 0.869. The Hall–Kier alpha value is -1.59. The highest BCUT2D eigenvalue weighted by atomic mass is 16.5. The highest BCUT2D eigenvalue weighted by molar-refractivity contribution is 5.48. The number of piperazine rings is 1. The zero-order valence-electron chi connectivity index (χ0n) is 11.3. The summed E-state index contributed by atoms with van der Waals surface area (Å²) >= 11 is 0. The summed E-state index contributed by atoms with van der Waals surface area (Å²) in [5.74, 6) is 1.97. The number of fused-ring (bicyclic) bond motifs is 1. The van der Waals surface area contributed by atoms with Crippen molar-refractivity contribution >= 4 is 5.52 Å². The van der Waals surface area contributed by atoms with Gasteiger partial charge in [-0.2, -0.15) is 0 Å². The maximum atomic E-state index is 5.27. The Morgan fingerprint density at radius 1 is 1.32 bits per heavy atom. The SMILES string of the molecule is COc1ccc2cnc(CCN3CCNCC3)n2c1. The van der Waals surface area contributed by atoms with Gasteiger partial charge in [0.25, 0.3) is 0 Å². The van der Waals surface area contributed by atoms with Crippen LogP contribution < -0.4 is 10.1 Å². The zero-order valence-corrected chi connectivity index (χ0v) is 11.3. The molecule has 1 saturated heterocycles. The lowest BCUT2D eigenvalue weighted by molar-refractivity contribution is 0.242. The van der Waals surface area contributed by atoms with Crippen LogP contribution in [0.25, 0.3) is 5.52 Å². The van der Waals surface area contributed by atoms with Crippen LogP contribution in [-0.2, 0) is 6.42 Å². The van der Waals surface area contributed by atoms with E-state index in [9.17, 15) is 0 Å². The van der Waals surface area contributed by atoms with Gasteiger partial charge < -0.3 is 15.0 Å². The third kappa shape index (κ3) is 2.72. The van der Waals surface area contributed by atoms with Crippen LogP contribution in [0.3, 0.4) is 0 Å². The van der Waals surface area contributed by atoms with Crippen molar-refractivity contribution in [1.29, 1.82) is 0 Å². The molecule has 5 heteroatoms. The summed E-state index contributed by atoms with van der Waals surface area (Å²) in [6.45, 7) is 5.52. The number of aromatic nitrogens is 2. The molecule has 2 aromatic rings. The molecule has 0 bridgehead atoms. The summed E-state index contributed by atoms with van der Waals surface area (Å²) < 4.78 is 7.40. The Morgan fingerprint density at radius 2 is 2.16 bits per heavy atom. The molecule has 5 nitrogen and oxygen atoms in total. The molecule has 0 aromatic carbocycles. The number of nitrogens with one attached hydrogen (secondary N) is 1. The van der Waals surface area contributed by atoms with Gasteiger partial charge in [-0.25, -0.2) is 4.98 Å². The molecule has 19 heavy (non-hydrogen) atoms. The van der Waals surface area contributed by atoms with E-state index in [4.69, 9.17) is 4.74 Å². The Morgan fingerprint density at radius 3 is 2.95 bits per heavy atom. The van der Waals surface area contributed by atoms with E-state index in [1.165, 1.54) is 0 Å². The number of rotatable bonds is 4. The average molecular weight is 260 g/mol. The molecule has 102 valence electrons. The van der Waals surface area contributed by atoms with Gasteiger partial charge in [0, 0.05) is 39.1 Å². The fourth-order valence-electron chi connectivity index (χ4n) is 2.52. The summed E-state index contributed by atoms with van der Waals surface area (Å²) in [5.41, 5.74) is 1.12. The average Bonchev–Trinajstić information content (AvgIpc) is 2.88. The lowest BCUT2D eigenvalue weighted by Gasteiger charge is -2.26. The second kappa shape index (κ2) is 5.59. The first kappa shape index (κ1) is 12.4. The predicted molar refractivity (Wildman–Crippen MR) is 74.8 cm³/mol. The van der Waals surface area contributed by atoms with Gasteiger partial charge in [-0.1, -0.05) is 0 Å². The van der Waals surface area contributed by atoms with Gasteiger partial charge in [-0.3, -0.25) is 4.40 Å². The topological polar surface area (TPSA) is 41.8 Å². The lowest BCUT2D eigenvalue weighted by atomic mass is 10.3. The van der Waals surface area contributed by atoms with Crippen molar-refractivity contribution < 1.29 is 4.74 Å². The van der Waals surface area contributed by atoms with Crippen LogP contribution in [0.4, 0.5) is 0 Å². The Balaban J connectivity index is 1.72. The molecule has 1 aliphatic heterocycles. The smallest absolute Gasteiger partial charge is 0.135 e. The van der Waals surface area contributed by atoms with Crippen molar-refractivity contribution in [2.75, 3.05) is 39.8 Å². The van der Waals surface area contributed by atoms with Crippen LogP contribution >= 0.6 is 0 Å². The van der Waals surface area contributed by atoms with Crippen LogP contribution in [0.5, 0.6) is 5.75 Å². The van der Waals surface area contributed by atoms with Crippen molar-refractivity contribution in [3.05, 3.63) is 30.4 Å². The molecule has 3 rings (SSSR count). The molecule has 1 fully saturated rings. The molecule has 2 aromatic heterocycles. The molecular weight excluding hydrogens is 240 g/mol. The third-order valence-electron chi connectivity index (χ3n) is 3.67. The fourth-order valence-corrected chi connectivity index (χ4v) is 2.52. The Labute approximate surface area is 113 Å². The van der Waals surface area contributed by atoms with E-state index < -0.39 is 0 Å². The molecule has 0 amide bonds. The van der Waals surface area contributed by atoms with Gasteiger partial charge in [-0.05, 0) is 12.1 Å². The number of imidazole rings is 1. The van der Waals surface area contributed by atoms with E-state index in [0.717, 1.165) is 56.2 Å². The lowest BCUT2D eigenvalue weighted by Crippen LogP contribution is -2.44. The standard InChI is InChI=1S/C14H20N4O/c1-19-13-3-2-12-10-16-14(18(12)11-13)4-7-17-8-5-15-6-9-17/h2-3,10-11,15H,4-9H2,1H3. The van der Waals surface area contributed by atoms with Gasteiger partial charge in [0.05, 0.1) is 25.0 Å². The van der Waals surface area contributed by atoms with Crippen molar-refractivity contribution in [3.8, 4) is 5.75 Å². The first-order chi connectivity index (χ1) is 9.36. The van der Waals surface area contributed by atoms with Crippen LogP contribution in [0, 0.1) is 0 Å². The fraction of sp³-hybridized carbons (Fsp3) is 0.500. The number of hydrogen-bond acceptors (Lipinski definition) is 4. The van der Waals surface area contributed by atoms with E-state index in [-0.39, 0.29) is 0 Å². The largest absolute Gasteiger partial charge is 0.495 e. The van der Waals surface area contributed by atoms with E-state index >= 15 is 0 Å². The quantitative estimate of drug-likeness (QED) is 0.882. The van der Waals surface area contributed by atoms with E-state index in [2.05, 4.69) is 19.6 Å². The Bertz CT molecular complexity index is 545. The van der Waals surface area contributed by atoms with Crippen molar-refractivity contribution in [3.63, 3.8) is 0 Å². The molecule has 1 aliphatic rings. The third-order valence-corrected chi connectivity index (χ3v) is 3.67. The van der Waals surface area contributed by atoms with Crippen LogP contribution in [-0.4, -0.2) is 54.1 Å². The van der Waals surface area contributed by atoms with Gasteiger partial charge in [-0.15, -0.1) is 0 Å². The molecule has 0 atom stereocenters. The molecular formula is C14H20N4O. The van der Waals surface area contributed by atoms with Gasteiger partial charge in [0.2, 0.25) is 0 Å². The van der Waals surface area contributed by atoms with E-state index in [1.54, 1.807) is 7.11 Å². The number of nitrogens with zero attached hydrogens (tertiary/aromatic N) is 3.